The molecule has 1 N–H and O–H groups in total. The van der Waals surface area contributed by atoms with E-state index in [2.05, 4.69) is 9.97 Å². The Morgan fingerprint density at radius 1 is 1.00 bits per heavy atom. The van der Waals surface area contributed by atoms with Gasteiger partial charge in [-0.15, -0.1) is 0 Å². The van der Waals surface area contributed by atoms with E-state index in [4.69, 9.17) is 0 Å². The smallest absolute Gasteiger partial charge is 0.270 e. The van der Waals surface area contributed by atoms with Gasteiger partial charge in [-0.3, -0.25) is 14.6 Å². The van der Waals surface area contributed by atoms with Crippen molar-refractivity contribution in [1.82, 2.24) is 19.8 Å². The van der Waals surface area contributed by atoms with Crippen molar-refractivity contribution in [3.8, 4) is 0 Å². The van der Waals surface area contributed by atoms with Gasteiger partial charge < -0.3 is 14.8 Å². The number of benzene rings is 1. The normalized spacial score (nSPS) is 14.9. The Labute approximate surface area is 162 Å². The Bertz CT molecular complexity index is 1030. The molecule has 0 radical (unpaired) electrons. The number of carbonyl (C=O) groups is 2. The zero-order valence-corrected chi connectivity index (χ0v) is 15.6. The van der Waals surface area contributed by atoms with Gasteiger partial charge in [0.05, 0.1) is 0 Å². The Hall–Kier alpha value is -3.22. The number of nitrogens with one attached hydrogen (secondary N) is 1. The summed E-state index contributed by atoms with van der Waals surface area (Å²) in [5.74, 6) is -0.506. The van der Waals surface area contributed by atoms with Crippen molar-refractivity contribution < 1.29 is 14.0 Å². The van der Waals surface area contributed by atoms with Crippen molar-refractivity contribution in [1.29, 1.82) is 0 Å². The van der Waals surface area contributed by atoms with Gasteiger partial charge in [-0.25, -0.2) is 4.39 Å². The molecule has 3 heterocycles. The highest BCUT2D eigenvalue weighted by Gasteiger charge is 2.24. The van der Waals surface area contributed by atoms with Gasteiger partial charge in [0.25, 0.3) is 11.8 Å². The molecule has 0 saturated carbocycles. The van der Waals surface area contributed by atoms with Crippen LogP contribution in [-0.2, 0) is 0 Å². The second-order valence-corrected chi connectivity index (χ2v) is 7.04. The molecule has 1 fully saturated rings. The van der Waals surface area contributed by atoms with E-state index in [1.807, 2.05) is 6.92 Å². The molecule has 1 aliphatic heterocycles. The fraction of sp³-hybridized carbons (Fsp3) is 0.286. The maximum absolute atomic E-state index is 13.6. The highest BCUT2D eigenvalue weighted by atomic mass is 19.1. The number of amides is 2. The quantitative estimate of drug-likeness (QED) is 0.743. The first kappa shape index (κ1) is 18.2. The van der Waals surface area contributed by atoms with E-state index in [0.29, 0.717) is 49.4 Å². The van der Waals surface area contributed by atoms with Crippen LogP contribution in [0.25, 0.3) is 10.9 Å². The third-order valence-corrected chi connectivity index (χ3v) is 5.14. The summed E-state index contributed by atoms with van der Waals surface area (Å²) < 4.78 is 13.6. The van der Waals surface area contributed by atoms with Gasteiger partial charge in [-0.1, -0.05) is 0 Å². The summed E-state index contributed by atoms with van der Waals surface area (Å²) in [5.41, 5.74) is 2.45. The van der Waals surface area contributed by atoms with Crippen LogP contribution in [0.1, 0.15) is 32.8 Å². The van der Waals surface area contributed by atoms with E-state index < -0.39 is 0 Å². The van der Waals surface area contributed by atoms with E-state index in [0.717, 1.165) is 10.9 Å². The monoisotopic (exact) mass is 380 g/mol. The van der Waals surface area contributed by atoms with Gasteiger partial charge in [-0.2, -0.15) is 0 Å². The van der Waals surface area contributed by atoms with E-state index in [9.17, 15) is 14.0 Å². The summed E-state index contributed by atoms with van der Waals surface area (Å²) in [7, 11) is 0. The topological polar surface area (TPSA) is 69.3 Å². The lowest BCUT2D eigenvalue weighted by Crippen LogP contribution is -2.37. The number of aromatic amines is 1. The van der Waals surface area contributed by atoms with Crippen molar-refractivity contribution in [3.63, 3.8) is 0 Å². The number of pyridine rings is 1. The van der Waals surface area contributed by atoms with Crippen LogP contribution in [0.5, 0.6) is 0 Å². The SMILES string of the molecule is Cc1cc(F)cc2[nH]c(C(=O)N3CCCN(C(=O)c4ccncc4)CC3)cc12. The fourth-order valence-electron chi connectivity index (χ4n) is 3.66. The number of halogens is 1. The molecule has 7 heteroatoms. The minimum absolute atomic E-state index is 0.0478. The van der Waals surface area contributed by atoms with Crippen LogP contribution >= 0.6 is 0 Å². The maximum atomic E-state index is 13.6. The molecule has 1 aliphatic rings. The van der Waals surface area contributed by atoms with E-state index in [-0.39, 0.29) is 17.6 Å². The molecule has 2 amide bonds. The Kier molecular flexibility index (Phi) is 4.81. The van der Waals surface area contributed by atoms with Crippen molar-refractivity contribution in [2.24, 2.45) is 0 Å². The maximum Gasteiger partial charge on any atom is 0.270 e. The third kappa shape index (κ3) is 3.47. The molecular weight excluding hydrogens is 359 g/mol. The molecule has 1 aromatic carbocycles. The fourth-order valence-corrected chi connectivity index (χ4v) is 3.66. The molecule has 0 aliphatic carbocycles. The lowest BCUT2D eigenvalue weighted by atomic mass is 10.1. The molecule has 3 aromatic rings. The summed E-state index contributed by atoms with van der Waals surface area (Å²) in [6, 6.07) is 8.02. The standard InChI is InChI=1S/C21H21FN4O2/c1-14-11-16(22)12-18-17(14)13-19(24-18)21(28)26-8-2-7-25(9-10-26)20(27)15-3-5-23-6-4-15/h3-6,11-13,24H,2,7-10H2,1H3. The number of hydrogen-bond acceptors (Lipinski definition) is 3. The van der Waals surface area contributed by atoms with Crippen LogP contribution in [0.4, 0.5) is 4.39 Å². The molecule has 6 nitrogen and oxygen atoms in total. The lowest BCUT2D eigenvalue weighted by molar-refractivity contribution is 0.0716. The van der Waals surface area contributed by atoms with Crippen molar-refractivity contribution in [3.05, 3.63) is 65.4 Å². The molecular formula is C21H21FN4O2. The molecule has 28 heavy (non-hydrogen) atoms. The predicted octanol–water partition coefficient (Wildman–Crippen LogP) is 3.00. The van der Waals surface area contributed by atoms with Gasteiger partial charge in [0.1, 0.15) is 11.5 Å². The Morgan fingerprint density at radius 3 is 2.39 bits per heavy atom. The van der Waals surface area contributed by atoms with Crippen molar-refractivity contribution in [2.45, 2.75) is 13.3 Å². The summed E-state index contributed by atoms with van der Waals surface area (Å²) in [5, 5.41) is 0.842. The minimum Gasteiger partial charge on any atom is -0.350 e. The van der Waals surface area contributed by atoms with E-state index >= 15 is 0 Å². The lowest BCUT2D eigenvalue weighted by Gasteiger charge is -2.22. The number of rotatable bonds is 2. The molecule has 0 bridgehead atoms. The number of aryl methyl sites for hydroxylation is 1. The second-order valence-electron chi connectivity index (χ2n) is 7.04. The Morgan fingerprint density at radius 2 is 1.68 bits per heavy atom. The highest BCUT2D eigenvalue weighted by molar-refractivity contribution is 5.99. The summed E-state index contributed by atoms with van der Waals surface area (Å²) in [6.07, 6.45) is 3.90. The molecule has 144 valence electrons. The van der Waals surface area contributed by atoms with Crippen LogP contribution in [0.15, 0.2) is 42.7 Å². The number of aromatic nitrogens is 2. The molecule has 0 atom stereocenters. The number of nitrogens with zero attached hydrogens (tertiary/aromatic N) is 3. The molecule has 1 saturated heterocycles. The predicted molar refractivity (Wildman–Crippen MR) is 104 cm³/mol. The average molecular weight is 380 g/mol. The largest absolute Gasteiger partial charge is 0.350 e. The highest BCUT2D eigenvalue weighted by Crippen LogP contribution is 2.22. The van der Waals surface area contributed by atoms with Crippen LogP contribution < -0.4 is 0 Å². The first-order chi connectivity index (χ1) is 13.5. The number of H-pyrrole nitrogens is 1. The van der Waals surface area contributed by atoms with Gasteiger partial charge in [-0.05, 0) is 49.2 Å². The van der Waals surface area contributed by atoms with E-state index in [1.165, 1.54) is 12.1 Å². The van der Waals surface area contributed by atoms with Gasteiger partial charge in [0.15, 0.2) is 0 Å². The average Bonchev–Trinajstić information content (AvgIpc) is 2.97. The summed E-state index contributed by atoms with van der Waals surface area (Å²) >= 11 is 0. The van der Waals surface area contributed by atoms with Crippen LogP contribution in [0, 0.1) is 12.7 Å². The third-order valence-electron chi connectivity index (χ3n) is 5.14. The molecule has 0 unspecified atom stereocenters. The first-order valence-corrected chi connectivity index (χ1v) is 9.30. The summed E-state index contributed by atoms with van der Waals surface area (Å²) in [6.45, 7) is 3.92. The minimum atomic E-state index is -0.328. The van der Waals surface area contributed by atoms with Crippen molar-refractivity contribution in [2.75, 3.05) is 26.2 Å². The van der Waals surface area contributed by atoms with Crippen LogP contribution in [0.3, 0.4) is 0 Å². The van der Waals surface area contributed by atoms with Gasteiger partial charge in [0, 0.05) is 55.0 Å². The molecule has 0 spiro atoms. The van der Waals surface area contributed by atoms with Gasteiger partial charge in [0.2, 0.25) is 0 Å². The zero-order valence-electron chi connectivity index (χ0n) is 15.6. The van der Waals surface area contributed by atoms with E-state index in [1.54, 1.807) is 40.4 Å². The molecule has 4 rings (SSSR count). The first-order valence-electron chi connectivity index (χ1n) is 9.30. The number of hydrogen-bond donors (Lipinski definition) is 1. The Balaban J connectivity index is 1.49. The van der Waals surface area contributed by atoms with Crippen LogP contribution in [0.2, 0.25) is 0 Å². The second kappa shape index (κ2) is 7.42. The number of fused-ring (bicyclic) bond motifs is 1. The van der Waals surface area contributed by atoms with Gasteiger partial charge >= 0.3 is 0 Å². The number of carbonyl (C=O) groups excluding carboxylic acids is 2. The zero-order chi connectivity index (χ0) is 19.7. The van der Waals surface area contributed by atoms with Crippen molar-refractivity contribution >= 4 is 22.7 Å². The molecule has 2 aromatic heterocycles. The summed E-state index contributed by atoms with van der Waals surface area (Å²) in [4.78, 5) is 36.1. The van der Waals surface area contributed by atoms with Crippen LogP contribution in [-0.4, -0.2) is 57.8 Å².